The number of hydrogen-bond acceptors (Lipinski definition) is 3. The topological polar surface area (TPSA) is 48.1 Å². The molecule has 0 saturated heterocycles. The van der Waals surface area contributed by atoms with Crippen LogP contribution < -0.4 is 10.5 Å². The van der Waals surface area contributed by atoms with E-state index in [2.05, 4.69) is 4.98 Å². The van der Waals surface area contributed by atoms with Crippen molar-refractivity contribution in [2.75, 3.05) is 0 Å². The normalized spacial score (nSPS) is 10.8. The average molecular weight is 319 g/mol. The third-order valence-corrected chi connectivity index (χ3v) is 3.93. The molecule has 0 spiro atoms. The number of hydrogen-bond donors (Lipinski definition) is 1. The van der Waals surface area contributed by atoms with E-state index in [-0.39, 0.29) is 0 Å². The SMILES string of the molecule is NCc1ccnc(Oc2ccc(Cl)c3ccccc23)c1Cl. The molecule has 2 N–H and O–H groups in total. The zero-order valence-electron chi connectivity index (χ0n) is 11.0. The van der Waals surface area contributed by atoms with Crippen molar-refractivity contribution in [1.82, 2.24) is 4.98 Å². The van der Waals surface area contributed by atoms with Crippen molar-refractivity contribution < 1.29 is 4.74 Å². The Labute approximate surface area is 132 Å². The number of aromatic nitrogens is 1. The summed E-state index contributed by atoms with van der Waals surface area (Å²) < 4.78 is 5.86. The summed E-state index contributed by atoms with van der Waals surface area (Å²) in [6, 6.07) is 13.1. The Morgan fingerprint density at radius 2 is 1.76 bits per heavy atom. The zero-order chi connectivity index (χ0) is 14.8. The summed E-state index contributed by atoms with van der Waals surface area (Å²) in [6.45, 7) is 0.332. The number of nitrogens with zero attached hydrogens (tertiary/aromatic N) is 1. The Morgan fingerprint density at radius 3 is 2.52 bits per heavy atom. The molecule has 1 heterocycles. The number of fused-ring (bicyclic) bond motifs is 1. The van der Waals surface area contributed by atoms with Crippen molar-refractivity contribution in [3.05, 3.63) is 64.3 Å². The Morgan fingerprint density at radius 1 is 1.00 bits per heavy atom. The first-order valence-corrected chi connectivity index (χ1v) is 7.15. The Balaban J connectivity index is 2.09. The fourth-order valence-corrected chi connectivity index (χ4v) is 2.57. The van der Waals surface area contributed by atoms with Crippen molar-refractivity contribution in [3.8, 4) is 11.6 Å². The monoisotopic (exact) mass is 318 g/mol. The van der Waals surface area contributed by atoms with E-state index in [9.17, 15) is 0 Å². The lowest BCUT2D eigenvalue weighted by molar-refractivity contribution is 0.467. The minimum Gasteiger partial charge on any atom is -0.437 e. The average Bonchev–Trinajstić information content (AvgIpc) is 2.52. The van der Waals surface area contributed by atoms with Crippen LogP contribution in [0.25, 0.3) is 10.8 Å². The molecule has 0 atom stereocenters. The van der Waals surface area contributed by atoms with E-state index in [1.807, 2.05) is 24.3 Å². The summed E-state index contributed by atoms with van der Waals surface area (Å²) in [6.07, 6.45) is 1.63. The van der Waals surface area contributed by atoms with Crippen LogP contribution in [0.3, 0.4) is 0 Å². The Hall–Kier alpha value is -1.81. The largest absolute Gasteiger partial charge is 0.437 e. The van der Waals surface area contributed by atoms with Crippen LogP contribution in [0.15, 0.2) is 48.7 Å². The third-order valence-electron chi connectivity index (χ3n) is 3.19. The smallest absolute Gasteiger partial charge is 0.238 e. The number of pyridine rings is 1. The maximum absolute atomic E-state index is 6.25. The third kappa shape index (κ3) is 2.68. The molecular weight excluding hydrogens is 307 g/mol. The first kappa shape index (κ1) is 14.1. The number of nitrogens with two attached hydrogens (primary N) is 1. The summed E-state index contributed by atoms with van der Waals surface area (Å²) in [5.41, 5.74) is 6.43. The molecule has 0 amide bonds. The molecule has 0 aliphatic rings. The van der Waals surface area contributed by atoms with Crippen molar-refractivity contribution in [3.63, 3.8) is 0 Å². The quantitative estimate of drug-likeness (QED) is 0.755. The van der Waals surface area contributed by atoms with Gasteiger partial charge in [-0.05, 0) is 23.8 Å². The van der Waals surface area contributed by atoms with Gasteiger partial charge in [0, 0.05) is 28.5 Å². The van der Waals surface area contributed by atoms with E-state index in [4.69, 9.17) is 33.7 Å². The fourth-order valence-electron chi connectivity index (χ4n) is 2.12. The lowest BCUT2D eigenvalue weighted by Crippen LogP contribution is -1.99. The Kier molecular flexibility index (Phi) is 3.97. The van der Waals surface area contributed by atoms with Crippen LogP contribution in [0.5, 0.6) is 11.6 Å². The van der Waals surface area contributed by atoms with Gasteiger partial charge in [-0.15, -0.1) is 0 Å². The van der Waals surface area contributed by atoms with Crippen molar-refractivity contribution in [2.45, 2.75) is 6.54 Å². The maximum atomic E-state index is 6.25. The lowest BCUT2D eigenvalue weighted by Gasteiger charge is -2.11. The maximum Gasteiger partial charge on any atom is 0.238 e. The van der Waals surface area contributed by atoms with Crippen LogP contribution in [0.4, 0.5) is 0 Å². The molecule has 0 unspecified atom stereocenters. The predicted octanol–water partition coefficient (Wildman–Crippen LogP) is 4.79. The molecule has 3 rings (SSSR count). The van der Waals surface area contributed by atoms with Crippen molar-refractivity contribution >= 4 is 34.0 Å². The number of ether oxygens (including phenoxy) is 1. The van der Waals surface area contributed by atoms with Crippen LogP contribution in [-0.2, 0) is 6.54 Å². The van der Waals surface area contributed by atoms with Crippen LogP contribution in [0, 0.1) is 0 Å². The van der Waals surface area contributed by atoms with Crippen LogP contribution in [0.1, 0.15) is 5.56 Å². The van der Waals surface area contributed by atoms with Gasteiger partial charge in [0.2, 0.25) is 5.88 Å². The second-order valence-corrected chi connectivity index (χ2v) is 5.27. The highest BCUT2D eigenvalue weighted by Gasteiger charge is 2.11. The summed E-state index contributed by atoms with van der Waals surface area (Å²) in [5, 5.41) is 2.93. The Bertz CT molecular complexity index is 805. The summed E-state index contributed by atoms with van der Waals surface area (Å²) in [5.74, 6) is 0.991. The molecule has 106 valence electrons. The minimum absolute atomic E-state index is 0.332. The lowest BCUT2D eigenvalue weighted by atomic mass is 10.1. The summed E-state index contributed by atoms with van der Waals surface area (Å²) in [7, 11) is 0. The minimum atomic E-state index is 0.332. The van der Waals surface area contributed by atoms with Gasteiger partial charge in [0.1, 0.15) is 10.8 Å². The van der Waals surface area contributed by atoms with E-state index in [1.165, 1.54) is 0 Å². The molecule has 0 aliphatic heterocycles. The molecule has 2 aromatic carbocycles. The molecular formula is C16H12Cl2N2O. The highest BCUT2D eigenvalue weighted by Crippen LogP contribution is 2.36. The molecule has 3 nitrogen and oxygen atoms in total. The number of rotatable bonds is 3. The van der Waals surface area contributed by atoms with Gasteiger partial charge in [-0.3, -0.25) is 0 Å². The van der Waals surface area contributed by atoms with E-state index in [0.29, 0.717) is 28.2 Å². The molecule has 0 radical (unpaired) electrons. The number of benzene rings is 2. The molecule has 0 fully saturated rings. The summed E-state index contributed by atoms with van der Waals surface area (Å²) >= 11 is 12.4. The van der Waals surface area contributed by atoms with Crippen molar-refractivity contribution in [1.29, 1.82) is 0 Å². The zero-order valence-corrected chi connectivity index (χ0v) is 12.5. The molecule has 21 heavy (non-hydrogen) atoms. The molecule has 0 aliphatic carbocycles. The molecule has 0 saturated carbocycles. The number of halogens is 2. The van der Waals surface area contributed by atoms with Gasteiger partial charge in [0.15, 0.2) is 0 Å². The van der Waals surface area contributed by atoms with E-state index in [1.54, 1.807) is 24.4 Å². The molecule has 0 bridgehead atoms. The molecule has 5 heteroatoms. The molecule has 1 aromatic heterocycles. The standard InChI is InChI=1S/C16H12Cl2N2O/c17-13-5-6-14(12-4-2-1-3-11(12)13)21-16-15(18)10(9-19)7-8-20-16/h1-8H,9,19H2. The summed E-state index contributed by atoms with van der Waals surface area (Å²) in [4.78, 5) is 4.17. The van der Waals surface area contributed by atoms with E-state index in [0.717, 1.165) is 16.3 Å². The predicted molar refractivity (Wildman–Crippen MR) is 86.2 cm³/mol. The first-order chi connectivity index (χ1) is 10.2. The highest BCUT2D eigenvalue weighted by molar-refractivity contribution is 6.35. The van der Waals surface area contributed by atoms with Crippen LogP contribution >= 0.6 is 23.2 Å². The van der Waals surface area contributed by atoms with Gasteiger partial charge in [-0.1, -0.05) is 47.5 Å². The van der Waals surface area contributed by atoms with Gasteiger partial charge in [0.05, 0.1) is 0 Å². The van der Waals surface area contributed by atoms with Gasteiger partial charge in [0.25, 0.3) is 0 Å². The van der Waals surface area contributed by atoms with E-state index >= 15 is 0 Å². The second kappa shape index (κ2) is 5.90. The fraction of sp³-hybridized carbons (Fsp3) is 0.0625. The first-order valence-electron chi connectivity index (χ1n) is 6.39. The molecule has 3 aromatic rings. The van der Waals surface area contributed by atoms with Gasteiger partial charge in [-0.2, -0.15) is 0 Å². The van der Waals surface area contributed by atoms with Gasteiger partial charge in [-0.25, -0.2) is 4.98 Å². The van der Waals surface area contributed by atoms with Crippen LogP contribution in [-0.4, -0.2) is 4.98 Å². The highest BCUT2D eigenvalue weighted by atomic mass is 35.5. The van der Waals surface area contributed by atoms with Gasteiger partial charge < -0.3 is 10.5 Å². The van der Waals surface area contributed by atoms with Crippen molar-refractivity contribution in [2.24, 2.45) is 5.73 Å². The second-order valence-electron chi connectivity index (χ2n) is 4.49. The van der Waals surface area contributed by atoms with Gasteiger partial charge >= 0.3 is 0 Å². The van der Waals surface area contributed by atoms with E-state index < -0.39 is 0 Å². The van der Waals surface area contributed by atoms with Crippen LogP contribution in [0.2, 0.25) is 10.0 Å².